The zero-order valence-electron chi connectivity index (χ0n) is 37.8. The van der Waals surface area contributed by atoms with Crippen LogP contribution in [-0.4, -0.2) is 134 Å². The van der Waals surface area contributed by atoms with E-state index in [9.17, 15) is 35.1 Å². The van der Waals surface area contributed by atoms with Crippen molar-refractivity contribution < 1.29 is 73.0 Å². The Bertz CT molecular complexity index is 1690. The van der Waals surface area contributed by atoms with Crippen molar-refractivity contribution in [3.8, 4) is 5.75 Å². The first kappa shape index (κ1) is 50.4. The van der Waals surface area contributed by atoms with Gasteiger partial charge in [0.1, 0.15) is 67.8 Å². The molecule has 344 valence electrons. The molecule has 2 unspecified atom stereocenters. The molecular weight excluding hydrogens is 792 g/mol. The maximum Gasteiger partial charge on any atom is 0.338 e. The molecule has 0 aromatic heterocycles. The van der Waals surface area contributed by atoms with Gasteiger partial charge in [-0.2, -0.15) is 0 Å². The van der Waals surface area contributed by atoms with Crippen LogP contribution in [0, 0.1) is 5.92 Å². The molecular formula is C46H70O15. The van der Waals surface area contributed by atoms with E-state index < -0.39 is 95.4 Å². The van der Waals surface area contributed by atoms with E-state index in [-0.39, 0.29) is 44.0 Å². The van der Waals surface area contributed by atoms with Gasteiger partial charge in [-0.15, -0.1) is 0 Å². The molecule has 0 spiro atoms. The minimum atomic E-state index is -1.59. The fourth-order valence-corrected chi connectivity index (χ4v) is 7.40. The van der Waals surface area contributed by atoms with Crippen molar-refractivity contribution in [3.63, 3.8) is 0 Å². The number of aliphatic hydroxyl groups excluding tert-OH is 4. The summed E-state index contributed by atoms with van der Waals surface area (Å²) < 4.78 is 48.9. The molecule has 2 heterocycles. The minimum Gasteiger partial charge on any atom is -0.508 e. The standard InChI is InChI=1S/C46H70O15/c1-26(2)44(7,8)61-36-32(49)33(50)39(57-38(36)42(53)55-25-29-18-20-30(47)21-19-29)45(9,10)56-23-22-43(5,6)60-35-31(48)34(51)40(46(11,12)59-27(3)4)58-37(35)41(52)54-24-28-16-14-13-15-17-28/h13-21,26-27,31-40,47-51H,22-25H2,1-12H3/t31-,32-,33+,34+,35+,36+,37?,38?,39-,40-/m1/s1. The highest BCUT2D eigenvalue weighted by atomic mass is 16.6. The summed E-state index contributed by atoms with van der Waals surface area (Å²) in [5.74, 6) is -1.61. The van der Waals surface area contributed by atoms with E-state index in [0.29, 0.717) is 5.56 Å². The summed E-state index contributed by atoms with van der Waals surface area (Å²) in [6.45, 7) is 21.1. The Labute approximate surface area is 360 Å². The van der Waals surface area contributed by atoms with Crippen molar-refractivity contribution in [2.45, 2.75) is 192 Å². The van der Waals surface area contributed by atoms with Crippen molar-refractivity contribution in [2.75, 3.05) is 6.61 Å². The topological polar surface area (TPSA) is 209 Å². The lowest BCUT2D eigenvalue weighted by molar-refractivity contribution is -0.296. The first-order valence-electron chi connectivity index (χ1n) is 21.1. The number of carbonyl (C=O) groups is 2. The van der Waals surface area contributed by atoms with Crippen LogP contribution in [0.5, 0.6) is 5.75 Å². The summed E-state index contributed by atoms with van der Waals surface area (Å²) in [5.41, 5.74) is -3.05. The molecule has 10 atom stereocenters. The lowest BCUT2D eigenvalue weighted by Crippen LogP contribution is -2.67. The summed E-state index contributed by atoms with van der Waals surface area (Å²) in [6, 6.07) is 15.2. The van der Waals surface area contributed by atoms with Gasteiger partial charge < -0.3 is 63.4 Å². The summed E-state index contributed by atoms with van der Waals surface area (Å²) in [5, 5.41) is 55.7. The van der Waals surface area contributed by atoms with Gasteiger partial charge in [0.2, 0.25) is 0 Å². The molecule has 2 aliphatic heterocycles. The van der Waals surface area contributed by atoms with Crippen molar-refractivity contribution in [3.05, 3.63) is 65.7 Å². The molecule has 0 saturated carbocycles. The summed E-state index contributed by atoms with van der Waals surface area (Å²) in [7, 11) is 0. The SMILES string of the molecule is CC(C)OC(C)(C)[C@@H]1OC(C(=O)OCc2ccccc2)[C@@H](OC(C)(C)CCOC(C)(C)[C@@H]2OC(C(=O)OCc3ccc(O)cc3)[C@@H](OC(C)(C)C(C)C)[C@H](O)[C@@H]2O)[C@H](O)[C@@H]1O. The summed E-state index contributed by atoms with van der Waals surface area (Å²) in [6.07, 6.45) is -14.3. The third-order valence-electron chi connectivity index (χ3n) is 11.6. The van der Waals surface area contributed by atoms with Crippen molar-refractivity contribution in [2.24, 2.45) is 5.92 Å². The Hall–Kier alpha value is -3.22. The smallest absolute Gasteiger partial charge is 0.338 e. The first-order chi connectivity index (χ1) is 28.3. The van der Waals surface area contributed by atoms with E-state index >= 15 is 0 Å². The molecule has 0 bridgehead atoms. The van der Waals surface area contributed by atoms with Gasteiger partial charge in [-0.25, -0.2) is 9.59 Å². The zero-order chi connectivity index (χ0) is 45.7. The van der Waals surface area contributed by atoms with E-state index in [1.165, 1.54) is 12.1 Å². The maximum absolute atomic E-state index is 13.7. The molecule has 2 saturated heterocycles. The Kier molecular flexibility index (Phi) is 17.0. The molecule has 4 rings (SSSR count). The molecule has 61 heavy (non-hydrogen) atoms. The lowest BCUT2D eigenvalue weighted by Gasteiger charge is -2.49. The van der Waals surface area contributed by atoms with Crippen LogP contribution in [0.4, 0.5) is 0 Å². The predicted molar refractivity (Wildman–Crippen MR) is 223 cm³/mol. The second kappa shape index (κ2) is 20.5. The molecule has 0 aliphatic carbocycles. The fraction of sp³-hybridized carbons (Fsp3) is 0.696. The highest BCUT2D eigenvalue weighted by molar-refractivity contribution is 5.76. The Balaban J connectivity index is 1.50. The number of benzene rings is 2. The van der Waals surface area contributed by atoms with Crippen LogP contribution in [0.3, 0.4) is 0 Å². The van der Waals surface area contributed by atoms with Gasteiger partial charge in [-0.05, 0) is 105 Å². The largest absolute Gasteiger partial charge is 0.508 e. The van der Waals surface area contributed by atoms with Gasteiger partial charge >= 0.3 is 11.9 Å². The molecule has 0 radical (unpaired) electrons. The van der Waals surface area contributed by atoms with E-state index in [1.807, 2.05) is 59.7 Å². The lowest BCUT2D eigenvalue weighted by atomic mass is 9.85. The molecule has 5 N–H and O–H groups in total. The molecule has 2 aromatic rings. The van der Waals surface area contributed by atoms with Crippen LogP contribution in [0.2, 0.25) is 0 Å². The molecule has 2 fully saturated rings. The van der Waals surface area contributed by atoms with Crippen molar-refractivity contribution in [1.29, 1.82) is 0 Å². The maximum atomic E-state index is 13.7. The molecule has 2 aromatic carbocycles. The van der Waals surface area contributed by atoms with Gasteiger partial charge in [0.05, 0.1) is 35.1 Å². The third-order valence-corrected chi connectivity index (χ3v) is 11.6. The average molecular weight is 863 g/mol. The Morgan fingerprint density at radius 3 is 1.57 bits per heavy atom. The van der Waals surface area contributed by atoms with Gasteiger partial charge in [-0.3, -0.25) is 0 Å². The monoisotopic (exact) mass is 862 g/mol. The molecule has 0 amide bonds. The number of phenolic OH excluding ortho intramolecular Hbond substituents is 1. The number of carbonyl (C=O) groups excluding carboxylic acids is 2. The number of esters is 2. The third kappa shape index (κ3) is 13.2. The van der Waals surface area contributed by atoms with Gasteiger partial charge in [0.15, 0.2) is 12.2 Å². The van der Waals surface area contributed by atoms with Crippen molar-refractivity contribution >= 4 is 11.9 Å². The number of hydrogen-bond acceptors (Lipinski definition) is 15. The zero-order valence-corrected chi connectivity index (χ0v) is 37.8. The molecule has 15 nitrogen and oxygen atoms in total. The van der Waals surface area contributed by atoms with E-state index in [0.717, 1.165) is 5.56 Å². The predicted octanol–water partition coefficient (Wildman–Crippen LogP) is 4.53. The van der Waals surface area contributed by atoms with Gasteiger partial charge in [-0.1, -0.05) is 56.3 Å². The summed E-state index contributed by atoms with van der Waals surface area (Å²) >= 11 is 0. The fourth-order valence-electron chi connectivity index (χ4n) is 7.40. The first-order valence-corrected chi connectivity index (χ1v) is 21.1. The number of rotatable bonds is 19. The normalized spacial score (nSPS) is 27.9. The molecule has 2 aliphatic rings. The van der Waals surface area contributed by atoms with E-state index in [2.05, 4.69) is 0 Å². The highest BCUT2D eigenvalue weighted by Crippen LogP contribution is 2.38. The number of hydrogen-bond donors (Lipinski definition) is 5. The van der Waals surface area contributed by atoms with Crippen LogP contribution in [0.25, 0.3) is 0 Å². The second-order valence-electron chi connectivity index (χ2n) is 18.9. The van der Waals surface area contributed by atoms with Gasteiger partial charge in [0.25, 0.3) is 0 Å². The van der Waals surface area contributed by atoms with Crippen LogP contribution in [0.1, 0.15) is 101 Å². The van der Waals surface area contributed by atoms with E-state index in [1.54, 1.807) is 65.8 Å². The van der Waals surface area contributed by atoms with Crippen LogP contribution >= 0.6 is 0 Å². The quantitative estimate of drug-likeness (QED) is 0.123. The molecule has 15 heteroatoms. The van der Waals surface area contributed by atoms with Gasteiger partial charge in [0, 0.05) is 0 Å². The summed E-state index contributed by atoms with van der Waals surface area (Å²) in [4.78, 5) is 27.4. The number of aliphatic hydroxyl groups is 4. The Morgan fingerprint density at radius 1 is 0.639 bits per heavy atom. The number of phenols is 1. The highest BCUT2D eigenvalue weighted by Gasteiger charge is 2.57. The second-order valence-corrected chi connectivity index (χ2v) is 18.9. The van der Waals surface area contributed by atoms with E-state index in [4.69, 9.17) is 37.9 Å². The van der Waals surface area contributed by atoms with Crippen molar-refractivity contribution in [1.82, 2.24) is 0 Å². The average Bonchev–Trinajstić information content (AvgIpc) is 3.16. The van der Waals surface area contributed by atoms with Crippen LogP contribution < -0.4 is 0 Å². The Morgan fingerprint density at radius 2 is 1.10 bits per heavy atom. The number of aromatic hydroxyl groups is 1. The van der Waals surface area contributed by atoms with Crippen LogP contribution in [0.15, 0.2) is 54.6 Å². The minimum absolute atomic E-state index is 0.0216. The number of ether oxygens (including phenoxy) is 8. The van der Waals surface area contributed by atoms with Crippen LogP contribution in [-0.2, 0) is 60.7 Å².